The molecule has 0 aliphatic carbocycles. The third kappa shape index (κ3) is 3.04. The van der Waals surface area contributed by atoms with E-state index in [-0.39, 0.29) is 6.04 Å². The molecule has 1 fully saturated rings. The van der Waals surface area contributed by atoms with E-state index in [1.54, 1.807) is 0 Å². The van der Waals surface area contributed by atoms with E-state index in [1.165, 1.54) is 5.56 Å². The number of aliphatic hydroxyl groups excluding tert-OH is 2. The first-order valence-electron chi connectivity index (χ1n) is 6.01. The van der Waals surface area contributed by atoms with Gasteiger partial charge in [0.1, 0.15) is 0 Å². The average Bonchev–Trinajstić information content (AvgIpc) is 2.67. The van der Waals surface area contributed by atoms with Crippen LogP contribution in [0.25, 0.3) is 0 Å². The molecule has 3 unspecified atom stereocenters. The molecule has 3 atom stereocenters. The van der Waals surface area contributed by atoms with Crippen molar-refractivity contribution in [3.05, 3.63) is 35.9 Å². The largest absolute Gasteiger partial charge is 0.389 e. The second-order valence-corrected chi connectivity index (χ2v) is 4.61. The highest BCUT2D eigenvalue weighted by atomic mass is 16.3. The van der Waals surface area contributed by atoms with Gasteiger partial charge in [0.05, 0.1) is 12.2 Å². The minimum absolute atomic E-state index is 0.230. The fourth-order valence-corrected chi connectivity index (χ4v) is 2.30. The molecule has 1 saturated heterocycles. The summed E-state index contributed by atoms with van der Waals surface area (Å²) in [5.74, 6) is 0. The van der Waals surface area contributed by atoms with Crippen LogP contribution in [0.4, 0.5) is 0 Å². The minimum Gasteiger partial charge on any atom is -0.389 e. The minimum atomic E-state index is -0.608. The van der Waals surface area contributed by atoms with Gasteiger partial charge in [0.15, 0.2) is 0 Å². The van der Waals surface area contributed by atoms with Crippen molar-refractivity contribution in [2.75, 3.05) is 26.7 Å². The first kappa shape index (κ1) is 12.5. The number of benzene rings is 1. The van der Waals surface area contributed by atoms with Crippen LogP contribution in [-0.4, -0.2) is 54.0 Å². The Morgan fingerprint density at radius 3 is 2.35 bits per heavy atom. The normalized spacial score (nSPS) is 27.2. The van der Waals surface area contributed by atoms with Crippen molar-refractivity contribution in [1.82, 2.24) is 10.2 Å². The van der Waals surface area contributed by atoms with Gasteiger partial charge in [-0.2, -0.15) is 0 Å². The van der Waals surface area contributed by atoms with Crippen LogP contribution in [0.5, 0.6) is 0 Å². The van der Waals surface area contributed by atoms with Crippen molar-refractivity contribution in [2.24, 2.45) is 0 Å². The Balaban J connectivity index is 1.97. The predicted molar refractivity (Wildman–Crippen MR) is 66.7 cm³/mol. The lowest BCUT2D eigenvalue weighted by Crippen LogP contribution is -2.33. The molecule has 17 heavy (non-hydrogen) atoms. The molecule has 4 nitrogen and oxygen atoms in total. The molecule has 1 heterocycles. The van der Waals surface area contributed by atoms with Crippen molar-refractivity contribution >= 4 is 0 Å². The van der Waals surface area contributed by atoms with Crippen molar-refractivity contribution < 1.29 is 10.2 Å². The zero-order valence-electron chi connectivity index (χ0n) is 10.1. The van der Waals surface area contributed by atoms with Gasteiger partial charge in [-0.15, -0.1) is 0 Å². The number of nitrogens with zero attached hydrogens (tertiary/aromatic N) is 1. The van der Waals surface area contributed by atoms with E-state index in [4.69, 9.17) is 0 Å². The quantitative estimate of drug-likeness (QED) is 0.688. The Labute approximate surface area is 102 Å². The van der Waals surface area contributed by atoms with E-state index >= 15 is 0 Å². The first-order chi connectivity index (χ1) is 8.20. The molecule has 94 valence electrons. The van der Waals surface area contributed by atoms with Gasteiger partial charge in [0, 0.05) is 25.7 Å². The summed E-state index contributed by atoms with van der Waals surface area (Å²) >= 11 is 0. The molecule has 0 spiro atoms. The van der Waals surface area contributed by atoms with Crippen molar-refractivity contribution in [2.45, 2.75) is 18.2 Å². The Bertz CT molecular complexity index is 335. The van der Waals surface area contributed by atoms with Crippen LogP contribution < -0.4 is 5.32 Å². The van der Waals surface area contributed by atoms with Gasteiger partial charge in [-0.05, 0) is 12.6 Å². The first-order valence-corrected chi connectivity index (χ1v) is 6.01. The number of rotatable bonds is 4. The molecular formula is C13H20N2O2. The van der Waals surface area contributed by atoms with Crippen LogP contribution >= 0.6 is 0 Å². The third-order valence-electron chi connectivity index (χ3n) is 3.33. The van der Waals surface area contributed by atoms with Crippen molar-refractivity contribution in [3.8, 4) is 0 Å². The Hall–Kier alpha value is -0.940. The molecule has 1 aliphatic rings. The fraction of sp³-hybridized carbons (Fsp3) is 0.538. The van der Waals surface area contributed by atoms with E-state index in [9.17, 15) is 10.2 Å². The Kier molecular flexibility index (Phi) is 4.12. The van der Waals surface area contributed by atoms with Crippen molar-refractivity contribution in [3.63, 3.8) is 0 Å². The third-order valence-corrected chi connectivity index (χ3v) is 3.33. The molecule has 1 aromatic carbocycles. The summed E-state index contributed by atoms with van der Waals surface area (Å²) in [7, 11) is 1.93. The summed E-state index contributed by atoms with van der Waals surface area (Å²) in [6.07, 6.45) is -1.22. The van der Waals surface area contributed by atoms with E-state index in [1.807, 2.05) is 25.2 Å². The molecule has 0 saturated carbocycles. The van der Waals surface area contributed by atoms with E-state index in [2.05, 4.69) is 22.3 Å². The maximum atomic E-state index is 9.51. The van der Waals surface area contributed by atoms with Gasteiger partial charge in [-0.25, -0.2) is 0 Å². The highest BCUT2D eigenvalue weighted by molar-refractivity contribution is 5.19. The van der Waals surface area contributed by atoms with Crippen LogP contribution in [0.2, 0.25) is 0 Å². The maximum absolute atomic E-state index is 9.51. The molecule has 3 N–H and O–H groups in total. The number of aliphatic hydroxyl groups is 2. The summed E-state index contributed by atoms with van der Waals surface area (Å²) in [6.45, 7) is 1.90. The van der Waals surface area contributed by atoms with Crippen LogP contribution in [0, 0.1) is 0 Å². The van der Waals surface area contributed by atoms with Crippen LogP contribution in [-0.2, 0) is 0 Å². The smallest absolute Gasteiger partial charge is 0.0938 e. The monoisotopic (exact) mass is 236 g/mol. The Morgan fingerprint density at radius 2 is 1.82 bits per heavy atom. The van der Waals surface area contributed by atoms with Gasteiger partial charge < -0.3 is 15.5 Å². The molecule has 0 bridgehead atoms. The van der Waals surface area contributed by atoms with E-state index in [0.29, 0.717) is 13.1 Å². The maximum Gasteiger partial charge on any atom is 0.0938 e. The summed E-state index contributed by atoms with van der Waals surface area (Å²) in [5, 5.41) is 22.3. The molecule has 0 aromatic heterocycles. The standard InChI is InChI=1S/C13H20N2O2/c1-14-11(10-5-3-2-4-6-10)7-15-8-12(16)13(17)9-15/h2-6,11-14,16-17H,7-9H2,1H3. The fourth-order valence-electron chi connectivity index (χ4n) is 2.30. The summed E-state index contributed by atoms with van der Waals surface area (Å²) in [5.41, 5.74) is 1.23. The molecule has 0 radical (unpaired) electrons. The molecule has 1 aliphatic heterocycles. The number of β-amino-alcohol motifs (C(OH)–C–C–N with tert-alkyl or cyclic N) is 2. The average molecular weight is 236 g/mol. The second-order valence-electron chi connectivity index (χ2n) is 4.61. The van der Waals surface area contributed by atoms with Crippen LogP contribution in [0.15, 0.2) is 30.3 Å². The number of nitrogens with one attached hydrogen (secondary N) is 1. The summed E-state index contributed by atoms with van der Waals surface area (Å²) in [4.78, 5) is 2.09. The van der Waals surface area contributed by atoms with E-state index in [0.717, 1.165) is 6.54 Å². The van der Waals surface area contributed by atoms with Crippen molar-refractivity contribution in [1.29, 1.82) is 0 Å². The topological polar surface area (TPSA) is 55.7 Å². The SMILES string of the molecule is CNC(CN1CC(O)C(O)C1)c1ccccc1. The summed E-state index contributed by atoms with van der Waals surface area (Å²) in [6, 6.07) is 10.4. The number of hydrogen-bond donors (Lipinski definition) is 3. The van der Waals surface area contributed by atoms with Gasteiger partial charge in [-0.1, -0.05) is 30.3 Å². The molecule has 4 heteroatoms. The molecule has 2 rings (SSSR count). The number of likely N-dealkylation sites (N-methyl/N-ethyl adjacent to an activating group) is 1. The molecular weight excluding hydrogens is 216 g/mol. The zero-order valence-corrected chi connectivity index (χ0v) is 10.1. The lowest BCUT2D eigenvalue weighted by atomic mass is 10.1. The van der Waals surface area contributed by atoms with Crippen LogP contribution in [0.1, 0.15) is 11.6 Å². The lowest BCUT2D eigenvalue weighted by Gasteiger charge is -2.23. The highest BCUT2D eigenvalue weighted by Crippen LogP contribution is 2.17. The van der Waals surface area contributed by atoms with Crippen LogP contribution in [0.3, 0.4) is 0 Å². The highest BCUT2D eigenvalue weighted by Gasteiger charge is 2.30. The predicted octanol–water partition coefficient (Wildman–Crippen LogP) is -0.0155. The number of likely N-dealkylation sites (tertiary alicyclic amines) is 1. The second kappa shape index (κ2) is 5.60. The van der Waals surface area contributed by atoms with Gasteiger partial charge in [0.25, 0.3) is 0 Å². The van der Waals surface area contributed by atoms with Gasteiger partial charge in [0.2, 0.25) is 0 Å². The molecule has 0 amide bonds. The zero-order chi connectivity index (χ0) is 12.3. The molecule has 1 aromatic rings. The lowest BCUT2D eigenvalue weighted by molar-refractivity contribution is 0.0572. The Morgan fingerprint density at radius 1 is 1.24 bits per heavy atom. The number of hydrogen-bond acceptors (Lipinski definition) is 4. The van der Waals surface area contributed by atoms with Gasteiger partial charge in [-0.3, -0.25) is 4.90 Å². The van der Waals surface area contributed by atoms with Gasteiger partial charge >= 0.3 is 0 Å². The summed E-state index contributed by atoms with van der Waals surface area (Å²) < 4.78 is 0. The van der Waals surface area contributed by atoms with E-state index < -0.39 is 12.2 Å².